The van der Waals surface area contributed by atoms with Crippen LogP contribution >= 0.6 is 11.6 Å². The number of methoxy groups -OCH3 is 1. The van der Waals surface area contributed by atoms with E-state index >= 15 is 0 Å². The van der Waals surface area contributed by atoms with Crippen molar-refractivity contribution >= 4 is 39.1 Å². The zero-order valence-corrected chi connectivity index (χ0v) is 25.1. The second-order valence-electron chi connectivity index (χ2n) is 10.3. The summed E-state index contributed by atoms with van der Waals surface area (Å²) in [4.78, 5) is 28.9. The van der Waals surface area contributed by atoms with Crippen molar-refractivity contribution in [3.05, 3.63) is 88.9 Å². The number of carbonyl (C=O) groups excluding carboxylic acids is 2. The number of amides is 2. The maximum absolute atomic E-state index is 14.1. The van der Waals surface area contributed by atoms with Crippen LogP contribution in [0, 0.1) is 6.92 Å². The van der Waals surface area contributed by atoms with Crippen LogP contribution in [0.25, 0.3) is 0 Å². The van der Waals surface area contributed by atoms with Gasteiger partial charge in [-0.2, -0.15) is 0 Å². The summed E-state index contributed by atoms with van der Waals surface area (Å²) in [6.07, 6.45) is 3.94. The Kier molecular flexibility index (Phi) is 9.94. The van der Waals surface area contributed by atoms with E-state index in [0.717, 1.165) is 41.1 Å². The predicted octanol–water partition coefficient (Wildman–Crippen LogP) is 5.33. The number of anilines is 1. The molecular weight excluding hydrogens is 562 g/mol. The lowest BCUT2D eigenvalue weighted by molar-refractivity contribution is -0.139. The second-order valence-corrected chi connectivity index (χ2v) is 12.6. The van der Waals surface area contributed by atoms with Crippen molar-refractivity contribution in [2.24, 2.45) is 0 Å². The Morgan fingerprint density at radius 2 is 1.71 bits per heavy atom. The molecule has 1 saturated carbocycles. The molecule has 10 heteroatoms. The first-order chi connectivity index (χ1) is 19.6. The van der Waals surface area contributed by atoms with Crippen LogP contribution in [0.4, 0.5) is 5.69 Å². The van der Waals surface area contributed by atoms with E-state index in [4.69, 9.17) is 16.3 Å². The summed E-state index contributed by atoms with van der Waals surface area (Å²) in [5.41, 5.74) is 2.07. The molecule has 0 radical (unpaired) electrons. The van der Waals surface area contributed by atoms with E-state index in [1.54, 1.807) is 37.3 Å². The van der Waals surface area contributed by atoms with Gasteiger partial charge >= 0.3 is 0 Å². The first-order valence-electron chi connectivity index (χ1n) is 13.7. The first kappa shape index (κ1) is 30.4. The van der Waals surface area contributed by atoms with Crippen molar-refractivity contribution in [1.82, 2.24) is 10.2 Å². The van der Waals surface area contributed by atoms with Gasteiger partial charge in [0, 0.05) is 17.6 Å². The Labute approximate surface area is 247 Å². The smallest absolute Gasteiger partial charge is 0.264 e. The zero-order valence-electron chi connectivity index (χ0n) is 23.5. The van der Waals surface area contributed by atoms with Crippen LogP contribution in [0.2, 0.25) is 5.02 Å². The van der Waals surface area contributed by atoms with Gasteiger partial charge in [-0.05, 0) is 80.3 Å². The fourth-order valence-electron chi connectivity index (χ4n) is 4.98. The standard InChI is InChI=1S/C31H36ClN3O5S/c1-22-9-4-5-10-24(22)20-34(23(2)31(37)33-26-12-6-7-13-26)30(36)21-35(27-14-8-11-25(32)19-27)41(38,39)29-17-15-28(40-3)16-18-29/h4-5,8-11,14-19,23,26H,6-7,12-13,20-21H2,1-3H3,(H,33,37). The normalized spacial score (nSPS) is 14.3. The number of hydrogen-bond donors (Lipinski definition) is 1. The number of aryl methyl sites for hydroxylation is 1. The Balaban J connectivity index is 1.69. The van der Waals surface area contributed by atoms with E-state index in [1.807, 2.05) is 31.2 Å². The van der Waals surface area contributed by atoms with Crippen LogP contribution in [0.5, 0.6) is 5.75 Å². The minimum absolute atomic E-state index is 0.0106. The van der Waals surface area contributed by atoms with Crippen LogP contribution in [0.15, 0.2) is 77.7 Å². The molecule has 0 heterocycles. The molecule has 1 fully saturated rings. The SMILES string of the molecule is COc1ccc(S(=O)(=O)N(CC(=O)N(Cc2ccccc2C)C(C)C(=O)NC2CCCC2)c2cccc(Cl)c2)cc1. The third-order valence-corrected chi connectivity index (χ3v) is 9.52. The van der Waals surface area contributed by atoms with Gasteiger partial charge in [-0.1, -0.05) is 54.8 Å². The summed E-state index contributed by atoms with van der Waals surface area (Å²) in [5.74, 6) is -0.272. The molecule has 218 valence electrons. The van der Waals surface area contributed by atoms with E-state index in [2.05, 4.69) is 5.32 Å². The fourth-order valence-corrected chi connectivity index (χ4v) is 6.57. The van der Waals surface area contributed by atoms with Crippen LogP contribution in [-0.2, 0) is 26.2 Å². The van der Waals surface area contributed by atoms with Crippen molar-refractivity contribution in [3.8, 4) is 5.75 Å². The van der Waals surface area contributed by atoms with Crippen molar-refractivity contribution in [3.63, 3.8) is 0 Å². The third kappa shape index (κ3) is 7.40. The summed E-state index contributed by atoms with van der Waals surface area (Å²) in [7, 11) is -2.71. The number of benzene rings is 3. The van der Waals surface area contributed by atoms with Crippen molar-refractivity contribution in [2.45, 2.75) is 63.1 Å². The predicted molar refractivity (Wildman–Crippen MR) is 161 cm³/mol. The molecule has 3 aromatic carbocycles. The summed E-state index contributed by atoms with van der Waals surface area (Å²) in [6.45, 7) is 3.24. The third-order valence-electron chi connectivity index (χ3n) is 7.49. The van der Waals surface area contributed by atoms with Crippen molar-refractivity contribution < 1.29 is 22.7 Å². The highest BCUT2D eigenvalue weighted by molar-refractivity contribution is 7.92. The Bertz CT molecular complexity index is 1470. The van der Waals surface area contributed by atoms with E-state index in [9.17, 15) is 18.0 Å². The topological polar surface area (TPSA) is 96.0 Å². The highest BCUT2D eigenvalue weighted by Gasteiger charge is 2.33. The molecule has 0 saturated heterocycles. The fraction of sp³-hybridized carbons (Fsp3) is 0.355. The maximum atomic E-state index is 14.1. The molecule has 4 rings (SSSR count). The van der Waals surface area contributed by atoms with Gasteiger partial charge in [-0.3, -0.25) is 13.9 Å². The van der Waals surface area contributed by atoms with Gasteiger partial charge in [0.05, 0.1) is 17.7 Å². The molecule has 8 nitrogen and oxygen atoms in total. The summed E-state index contributed by atoms with van der Waals surface area (Å²) >= 11 is 6.24. The number of rotatable bonds is 11. The molecule has 0 bridgehead atoms. The van der Waals surface area contributed by atoms with E-state index < -0.39 is 28.5 Å². The lowest BCUT2D eigenvalue weighted by Gasteiger charge is -2.33. The van der Waals surface area contributed by atoms with Gasteiger partial charge in [0.25, 0.3) is 10.0 Å². The number of nitrogens with one attached hydrogen (secondary N) is 1. The van der Waals surface area contributed by atoms with E-state index in [0.29, 0.717) is 10.8 Å². The molecule has 0 aliphatic heterocycles. The van der Waals surface area contributed by atoms with Gasteiger partial charge in [-0.25, -0.2) is 8.42 Å². The number of ether oxygens (including phenoxy) is 1. The number of nitrogens with zero attached hydrogens (tertiary/aromatic N) is 2. The quantitative estimate of drug-likeness (QED) is 0.322. The van der Waals surface area contributed by atoms with E-state index in [-0.39, 0.29) is 29.1 Å². The Hall–Kier alpha value is -3.56. The molecule has 2 amide bonds. The number of sulfonamides is 1. The van der Waals surface area contributed by atoms with Gasteiger partial charge in [0.1, 0.15) is 18.3 Å². The second kappa shape index (κ2) is 13.4. The Morgan fingerprint density at radius 1 is 1.02 bits per heavy atom. The lowest BCUT2D eigenvalue weighted by atomic mass is 10.1. The van der Waals surface area contributed by atoms with Crippen molar-refractivity contribution in [2.75, 3.05) is 18.0 Å². The average Bonchev–Trinajstić information content (AvgIpc) is 3.48. The van der Waals surface area contributed by atoms with Gasteiger partial charge in [0.2, 0.25) is 11.8 Å². The molecule has 1 aliphatic carbocycles. The summed E-state index contributed by atoms with van der Waals surface area (Å²) in [6, 6.07) is 19.2. The zero-order chi connectivity index (χ0) is 29.6. The van der Waals surface area contributed by atoms with E-state index in [1.165, 1.54) is 30.2 Å². The molecular formula is C31H36ClN3O5S. The van der Waals surface area contributed by atoms with Crippen LogP contribution < -0.4 is 14.4 Å². The number of halogens is 1. The molecule has 1 N–H and O–H groups in total. The lowest BCUT2D eigenvalue weighted by Crippen LogP contribution is -2.52. The summed E-state index contributed by atoms with van der Waals surface area (Å²) < 4.78 is 34.1. The van der Waals surface area contributed by atoms with Crippen LogP contribution in [0.3, 0.4) is 0 Å². The van der Waals surface area contributed by atoms with Gasteiger partial charge in [0.15, 0.2) is 0 Å². The van der Waals surface area contributed by atoms with Crippen LogP contribution in [-0.4, -0.2) is 50.9 Å². The molecule has 1 aliphatic rings. The minimum Gasteiger partial charge on any atom is -0.497 e. The van der Waals surface area contributed by atoms with Gasteiger partial charge in [-0.15, -0.1) is 0 Å². The average molecular weight is 598 g/mol. The van der Waals surface area contributed by atoms with Crippen molar-refractivity contribution in [1.29, 1.82) is 0 Å². The number of carbonyl (C=O) groups is 2. The largest absolute Gasteiger partial charge is 0.497 e. The monoisotopic (exact) mass is 597 g/mol. The highest BCUT2D eigenvalue weighted by Crippen LogP contribution is 2.28. The summed E-state index contributed by atoms with van der Waals surface area (Å²) in [5, 5.41) is 3.40. The minimum atomic E-state index is -4.20. The number of hydrogen-bond acceptors (Lipinski definition) is 5. The molecule has 3 aromatic rings. The molecule has 0 aromatic heterocycles. The molecule has 41 heavy (non-hydrogen) atoms. The van der Waals surface area contributed by atoms with Gasteiger partial charge < -0.3 is 15.0 Å². The van der Waals surface area contributed by atoms with Crippen LogP contribution in [0.1, 0.15) is 43.7 Å². The molecule has 1 atom stereocenters. The maximum Gasteiger partial charge on any atom is 0.264 e. The molecule has 0 spiro atoms. The highest BCUT2D eigenvalue weighted by atomic mass is 35.5. The molecule has 1 unspecified atom stereocenters. The Morgan fingerprint density at radius 3 is 2.34 bits per heavy atom. The first-order valence-corrected chi connectivity index (χ1v) is 15.5.